The summed E-state index contributed by atoms with van der Waals surface area (Å²) in [4.78, 5) is 2.49. The quantitative estimate of drug-likeness (QED) is 0.717. The Morgan fingerprint density at radius 1 is 1.27 bits per heavy atom. The molecule has 1 aliphatic heterocycles. The molecule has 0 radical (unpaired) electrons. The van der Waals surface area contributed by atoms with E-state index in [-0.39, 0.29) is 11.9 Å². The Morgan fingerprint density at radius 2 is 2.09 bits per heavy atom. The number of likely N-dealkylation sites (N-methyl/N-ethyl adjacent to an activating group) is 1. The third-order valence-electron chi connectivity index (χ3n) is 5.87. The molecule has 0 aromatic heterocycles. The summed E-state index contributed by atoms with van der Waals surface area (Å²) < 4.78 is 12.7. The maximum atomic E-state index is 6.45. The number of fused-ring (bicyclic) bond motifs is 1. The highest BCUT2D eigenvalue weighted by Gasteiger charge is 2.48. The molecule has 1 heterocycles. The Bertz CT molecular complexity index is 431. The first kappa shape index (κ1) is 16.5. The summed E-state index contributed by atoms with van der Waals surface area (Å²) in [5.74, 6) is 0.468. The van der Waals surface area contributed by atoms with E-state index in [1.54, 1.807) is 5.57 Å². The average molecular weight is 307 g/mol. The molecule has 2 aliphatic carbocycles. The maximum Gasteiger partial charge on any atom is 0.169 e. The highest BCUT2D eigenvalue weighted by molar-refractivity contribution is 5.28. The molecule has 3 unspecified atom stereocenters. The van der Waals surface area contributed by atoms with E-state index in [1.165, 1.54) is 12.8 Å². The van der Waals surface area contributed by atoms with Crippen LogP contribution in [0, 0.1) is 11.3 Å². The summed E-state index contributed by atoms with van der Waals surface area (Å²) in [5, 5.41) is 0. The molecule has 126 valence electrons. The number of hydrogen-bond donors (Lipinski definition) is 0. The van der Waals surface area contributed by atoms with Crippen LogP contribution in [0.5, 0.6) is 0 Å². The molecule has 0 aromatic rings. The van der Waals surface area contributed by atoms with Crippen LogP contribution in [-0.4, -0.2) is 43.0 Å². The van der Waals surface area contributed by atoms with Crippen LogP contribution in [-0.2, 0) is 9.47 Å². The third kappa shape index (κ3) is 3.13. The predicted molar refractivity (Wildman–Crippen MR) is 89.8 cm³/mol. The molecule has 0 aromatic carbocycles. The van der Waals surface area contributed by atoms with Crippen molar-refractivity contribution in [2.45, 2.75) is 71.7 Å². The Labute approximate surface area is 136 Å². The van der Waals surface area contributed by atoms with Crippen molar-refractivity contribution in [1.29, 1.82) is 0 Å². The van der Waals surface area contributed by atoms with Gasteiger partial charge < -0.3 is 14.4 Å². The predicted octanol–water partition coefficient (Wildman–Crippen LogP) is 3.99. The molecule has 0 amide bonds. The van der Waals surface area contributed by atoms with E-state index in [1.807, 2.05) is 0 Å². The lowest BCUT2D eigenvalue weighted by Crippen LogP contribution is -2.36. The van der Waals surface area contributed by atoms with Crippen LogP contribution in [0.3, 0.4) is 0 Å². The Hall–Kier alpha value is -0.380. The van der Waals surface area contributed by atoms with Crippen molar-refractivity contribution in [1.82, 2.24) is 4.90 Å². The van der Waals surface area contributed by atoms with Gasteiger partial charge in [0.2, 0.25) is 0 Å². The van der Waals surface area contributed by atoms with Crippen molar-refractivity contribution < 1.29 is 9.47 Å². The number of allylic oxidation sites excluding steroid dienone is 2. The Balaban J connectivity index is 1.57. The van der Waals surface area contributed by atoms with E-state index in [0.717, 1.165) is 51.4 Å². The standard InChI is InChI=1S/C19H33NO2/c1-5-11-20(6-2)13-16-14-21-19(22-16)9-7-15-12-18(3,4)17(15)8-10-19/h12,16-17H,5-11,13-14H2,1-4H3. The van der Waals surface area contributed by atoms with Gasteiger partial charge in [-0.2, -0.15) is 0 Å². The monoisotopic (exact) mass is 307 g/mol. The SMILES string of the molecule is CCCN(CC)CC1COC2(CCC3=CC(C)(C)C3CC2)O1. The zero-order valence-corrected chi connectivity index (χ0v) is 14.9. The second-order valence-corrected chi connectivity index (χ2v) is 7.99. The van der Waals surface area contributed by atoms with E-state index in [9.17, 15) is 0 Å². The zero-order chi connectivity index (χ0) is 15.8. The van der Waals surface area contributed by atoms with Gasteiger partial charge in [0, 0.05) is 19.4 Å². The lowest BCUT2D eigenvalue weighted by Gasteiger charge is -2.42. The van der Waals surface area contributed by atoms with Gasteiger partial charge in [-0.1, -0.05) is 39.3 Å². The molecule has 1 saturated heterocycles. The minimum absolute atomic E-state index is 0.254. The summed E-state index contributed by atoms with van der Waals surface area (Å²) in [6, 6.07) is 0. The highest BCUT2D eigenvalue weighted by Crippen LogP contribution is 2.53. The zero-order valence-electron chi connectivity index (χ0n) is 14.9. The first-order valence-electron chi connectivity index (χ1n) is 9.24. The topological polar surface area (TPSA) is 21.7 Å². The molecule has 2 fully saturated rings. The third-order valence-corrected chi connectivity index (χ3v) is 5.87. The molecular formula is C19H33NO2. The molecular weight excluding hydrogens is 274 g/mol. The van der Waals surface area contributed by atoms with Crippen molar-refractivity contribution in [2.24, 2.45) is 11.3 Å². The number of ether oxygens (including phenoxy) is 2. The van der Waals surface area contributed by atoms with Crippen LogP contribution in [0.1, 0.15) is 59.8 Å². The summed E-state index contributed by atoms with van der Waals surface area (Å²) in [5.41, 5.74) is 2.04. The van der Waals surface area contributed by atoms with Gasteiger partial charge in [-0.05, 0) is 43.7 Å². The van der Waals surface area contributed by atoms with Gasteiger partial charge in [0.05, 0.1) is 12.7 Å². The van der Waals surface area contributed by atoms with Gasteiger partial charge in [-0.25, -0.2) is 0 Å². The molecule has 0 bridgehead atoms. The Kier molecular flexibility index (Phi) is 4.69. The van der Waals surface area contributed by atoms with Gasteiger partial charge in [0.1, 0.15) is 0 Å². The number of nitrogens with zero attached hydrogens (tertiary/aromatic N) is 1. The molecule has 1 spiro atoms. The fourth-order valence-corrected chi connectivity index (χ4v) is 4.64. The van der Waals surface area contributed by atoms with Crippen molar-refractivity contribution >= 4 is 0 Å². The van der Waals surface area contributed by atoms with Crippen molar-refractivity contribution in [3.05, 3.63) is 11.6 Å². The summed E-state index contributed by atoms with van der Waals surface area (Å²) >= 11 is 0. The van der Waals surface area contributed by atoms with Crippen molar-refractivity contribution in [3.8, 4) is 0 Å². The largest absolute Gasteiger partial charge is 0.347 e. The Morgan fingerprint density at radius 3 is 2.77 bits per heavy atom. The smallest absolute Gasteiger partial charge is 0.169 e. The normalized spacial score (nSPS) is 36.9. The van der Waals surface area contributed by atoms with Crippen molar-refractivity contribution in [3.63, 3.8) is 0 Å². The van der Waals surface area contributed by atoms with E-state index in [4.69, 9.17) is 9.47 Å². The van der Waals surface area contributed by atoms with Crippen LogP contribution in [0.15, 0.2) is 11.6 Å². The van der Waals surface area contributed by atoms with Gasteiger partial charge >= 0.3 is 0 Å². The molecule has 3 aliphatic rings. The molecule has 3 atom stereocenters. The highest BCUT2D eigenvalue weighted by atomic mass is 16.7. The fraction of sp³-hybridized carbons (Fsp3) is 0.895. The van der Waals surface area contributed by atoms with E-state index >= 15 is 0 Å². The second-order valence-electron chi connectivity index (χ2n) is 7.99. The van der Waals surface area contributed by atoms with E-state index < -0.39 is 0 Å². The second kappa shape index (κ2) is 6.26. The molecule has 3 heteroatoms. The lowest BCUT2D eigenvalue weighted by atomic mass is 9.62. The van der Waals surface area contributed by atoms with Gasteiger partial charge in [-0.15, -0.1) is 0 Å². The summed E-state index contributed by atoms with van der Waals surface area (Å²) in [7, 11) is 0. The van der Waals surface area contributed by atoms with Crippen LogP contribution in [0.4, 0.5) is 0 Å². The van der Waals surface area contributed by atoms with E-state index in [2.05, 4.69) is 38.7 Å². The van der Waals surface area contributed by atoms with Crippen LogP contribution < -0.4 is 0 Å². The van der Waals surface area contributed by atoms with Gasteiger partial charge in [-0.3, -0.25) is 0 Å². The van der Waals surface area contributed by atoms with Crippen LogP contribution in [0.25, 0.3) is 0 Å². The first-order valence-corrected chi connectivity index (χ1v) is 9.24. The summed E-state index contributed by atoms with van der Waals surface area (Å²) in [6.45, 7) is 13.3. The minimum atomic E-state index is -0.287. The molecule has 0 N–H and O–H groups in total. The van der Waals surface area contributed by atoms with Crippen molar-refractivity contribution in [2.75, 3.05) is 26.2 Å². The summed E-state index contributed by atoms with van der Waals surface area (Å²) in [6.07, 6.45) is 8.42. The molecule has 22 heavy (non-hydrogen) atoms. The molecule has 3 nitrogen and oxygen atoms in total. The van der Waals surface area contributed by atoms with Crippen LogP contribution >= 0.6 is 0 Å². The van der Waals surface area contributed by atoms with Gasteiger partial charge in [0.25, 0.3) is 0 Å². The minimum Gasteiger partial charge on any atom is -0.347 e. The molecule has 1 saturated carbocycles. The maximum absolute atomic E-state index is 6.45. The fourth-order valence-electron chi connectivity index (χ4n) is 4.64. The number of hydrogen-bond acceptors (Lipinski definition) is 3. The first-order chi connectivity index (χ1) is 10.5. The molecule has 3 rings (SSSR count). The van der Waals surface area contributed by atoms with Gasteiger partial charge in [0.15, 0.2) is 5.79 Å². The van der Waals surface area contributed by atoms with E-state index in [0.29, 0.717) is 5.41 Å². The average Bonchev–Trinajstić information content (AvgIpc) is 2.78. The number of rotatable bonds is 5. The van der Waals surface area contributed by atoms with Crippen LogP contribution in [0.2, 0.25) is 0 Å². The lowest BCUT2D eigenvalue weighted by molar-refractivity contribution is -0.177.